The number of aliphatic hydroxyl groups is 1. The molecular weight excluding hydrogens is 449 g/mol. The van der Waals surface area contributed by atoms with Crippen LogP contribution >= 0.6 is 35.3 Å². The Kier molecular flexibility index (Phi) is 7.03. The molecule has 2 aromatic carbocycles. The fourth-order valence-corrected chi connectivity index (χ4v) is 3.35. The number of nitrogens with two attached hydrogens (primary N) is 1. The third-order valence-electron chi connectivity index (χ3n) is 3.57. The summed E-state index contributed by atoms with van der Waals surface area (Å²) in [5.74, 6) is 1.04. The number of guanidine groups is 1. The van der Waals surface area contributed by atoms with E-state index in [0.29, 0.717) is 0 Å². The molecule has 5 nitrogen and oxygen atoms in total. The molecule has 7 heteroatoms. The third-order valence-corrected chi connectivity index (χ3v) is 4.79. The largest absolute Gasteiger partial charge is 0.497 e. The van der Waals surface area contributed by atoms with Crippen LogP contribution in [0.25, 0.3) is 10.1 Å². The lowest BCUT2D eigenvalue weighted by molar-refractivity contribution is 0.191. The van der Waals surface area contributed by atoms with Crippen LogP contribution in [0.5, 0.6) is 5.75 Å². The van der Waals surface area contributed by atoms with Crippen LogP contribution in [0.2, 0.25) is 0 Å². The molecule has 1 heterocycles. The van der Waals surface area contributed by atoms with Crippen molar-refractivity contribution in [2.75, 3.05) is 19.0 Å². The zero-order valence-electron chi connectivity index (χ0n) is 13.7. The van der Waals surface area contributed by atoms with Gasteiger partial charge < -0.3 is 20.9 Å². The van der Waals surface area contributed by atoms with E-state index in [2.05, 4.69) is 10.3 Å². The molecule has 0 saturated heterocycles. The summed E-state index contributed by atoms with van der Waals surface area (Å²) >= 11 is 1.57. The van der Waals surface area contributed by atoms with E-state index in [1.165, 1.54) is 0 Å². The molecule has 0 saturated carbocycles. The second kappa shape index (κ2) is 9.02. The lowest BCUT2D eigenvalue weighted by atomic mass is 10.2. The van der Waals surface area contributed by atoms with E-state index in [-0.39, 0.29) is 36.5 Å². The Morgan fingerprint density at radius 1 is 1.24 bits per heavy atom. The minimum Gasteiger partial charge on any atom is -0.497 e. The lowest BCUT2D eigenvalue weighted by Gasteiger charge is -2.08. The van der Waals surface area contributed by atoms with E-state index in [4.69, 9.17) is 10.5 Å². The van der Waals surface area contributed by atoms with Gasteiger partial charge in [0.15, 0.2) is 5.96 Å². The van der Waals surface area contributed by atoms with Gasteiger partial charge in [0.05, 0.1) is 13.7 Å². The fourth-order valence-electron chi connectivity index (χ4n) is 2.30. The quantitative estimate of drug-likeness (QED) is 0.300. The second-order valence-electron chi connectivity index (χ2n) is 5.28. The lowest BCUT2D eigenvalue weighted by Crippen LogP contribution is -2.23. The van der Waals surface area contributed by atoms with Crippen molar-refractivity contribution in [1.29, 1.82) is 0 Å². The van der Waals surface area contributed by atoms with Crippen LogP contribution in [0.15, 0.2) is 59.6 Å². The van der Waals surface area contributed by atoms with Gasteiger partial charge in [-0.25, -0.2) is 0 Å². The number of benzene rings is 2. The Morgan fingerprint density at radius 2 is 1.96 bits per heavy atom. The van der Waals surface area contributed by atoms with Crippen molar-refractivity contribution in [2.24, 2.45) is 10.7 Å². The number of rotatable bonds is 5. The summed E-state index contributed by atoms with van der Waals surface area (Å²) in [5, 5.41) is 14.4. The molecule has 0 aliphatic carbocycles. The van der Waals surface area contributed by atoms with Gasteiger partial charge in [-0.05, 0) is 41.8 Å². The van der Waals surface area contributed by atoms with Crippen molar-refractivity contribution < 1.29 is 9.84 Å². The zero-order valence-corrected chi connectivity index (χ0v) is 16.8. The second-order valence-corrected chi connectivity index (χ2v) is 6.40. The maximum absolute atomic E-state index is 10.3. The van der Waals surface area contributed by atoms with Crippen LogP contribution in [-0.4, -0.2) is 24.7 Å². The van der Waals surface area contributed by atoms with Crippen LogP contribution in [0.4, 0.5) is 5.69 Å². The molecule has 0 aliphatic heterocycles. The molecule has 0 radical (unpaired) electrons. The number of aliphatic imine (C=N–C) groups is 1. The number of ether oxygens (including phenoxy) is 1. The number of methoxy groups -OCH3 is 1. The zero-order chi connectivity index (χ0) is 16.9. The molecule has 0 spiro atoms. The molecule has 1 aromatic heterocycles. The third kappa shape index (κ3) is 5.07. The average Bonchev–Trinajstić information content (AvgIpc) is 3.04. The Morgan fingerprint density at radius 3 is 2.64 bits per heavy atom. The molecule has 3 rings (SSSR count). The molecule has 0 aliphatic rings. The molecule has 1 unspecified atom stereocenters. The highest BCUT2D eigenvalue weighted by Gasteiger charge is 2.11. The number of anilines is 1. The Labute approximate surface area is 167 Å². The van der Waals surface area contributed by atoms with Crippen molar-refractivity contribution in [3.05, 3.63) is 59.5 Å². The SMILES string of the molecule is COc1ccc(NC(N)=NCC(O)c2cc3ccccc3s2)cc1.I. The van der Waals surface area contributed by atoms with E-state index in [0.717, 1.165) is 26.4 Å². The van der Waals surface area contributed by atoms with E-state index in [1.54, 1.807) is 18.4 Å². The van der Waals surface area contributed by atoms with E-state index in [9.17, 15) is 5.11 Å². The number of hydrogen-bond acceptors (Lipinski definition) is 4. The first kappa shape index (κ1) is 19.5. The van der Waals surface area contributed by atoms with Gasteiger partial charge in [0.25, 0.3) is 0 Å². The van der Waals surface area contributed by atoms with Gasteiger partial charge in [-0.2, -0.15) is 0 Å². The van der Waals surface area contributed by atoms with Gasteiger partial charge in [0.1, 0.15) is 11.9 Å². The summed E-state index contributed by atoms with van der Waals surface area (Å²) in [4.78, 5) is 5.10. The van der Waals surface area contributed by atoms with Gasteiger partial charge in [-0.15, -0.1) is 35.3 Å². The molecule has 0 amide bonds. The number of halogens is 1. The molecule has 0 bridgehead atoms. The average molecular weight is 469 g/mol. The van der Waals surface area contributed by atoms with Crippen molar-refractivity contribution in [1.82, 2.24) is 0 Å². The number of hydrogen-bond donors (Lipinski definition) is 3. The van der Waals surface area contributed by atoms with Gasteiger partial charge in [0, 0.05) is 15.3 Å². The highest BCUT2D eigenvalue weighted by atomic mass is 127. The molecule has 25 heavy (non-hydrogen) atoms. The van der Waals surface area contributed by atoms with Crippen LogP contribution in [0.3, 0.4) is 0 Å². The van der Waals surface area contributed by atoms with E-state index < -0.39 is 6.10 Å². The highest BCUT2D eigenvalue weighted by molar-refractivity contribution is 14.0. The Hall–Kier alpha value is -1.84. The standard InChI is InChI=1S/C18H19N3O2S.HI/c1-23-14-8-6-13(7-9-14)21-18(19)20-11-15(22)17-10-12-4-2-3-5-16(12)24-17;/h2-10,15,22H,11H2,1H3,(H3,19,20,21);1H. The van der Waals surface area contributed by atoms with Gasteiger partial charge in [-0.3, -0.25) is 4.99 Å². The Bertz CT molecular complexity index is 816. The smallest absolute Gasteiger partial charge is 0.193 e. The van der Waals surface area contributed by atoms with E-state index in [1.807, 2.05) is 54.6 Å². The number of nitrogens with one attached hydrogen (secondary N) is 1. The molecular formula is C18H20IN3O2S. The molecule has 0 fully saturated rings. The number of thiophene rings is 1. The van der Waals surface area contributed by atoms with Crippen LogP contribution in [0, 0.1) is 0 Å². The van der Waals surface area contributed by atoms with Crippen molar-refractivity contribution >= 4 is 57.0 Å². The first-order valence-corrected chi connectivity index (χ1v) is 8.35. The van der Waals surface area contributed by atoms with Gasteiger partial charge >= 0.3 is 0 Å². The van der Waals surface area contributed by atoms with Crippen LogP contribution < -0.4 is 15.8 Å². The predicted molar refractivity (Wildman–Crippen MR) is 115 cm³/mol. The predicted octanol–water partition coefficient (Wildman–Crippen LogP) is 3.99. The van der Waals surface area contributed by atoms with Crippen molar-refractivity contribution in [3.8, 4) is 5.75 Å². The monoisotopic (exact) mass is 469 g/mol. The van der Waals surface area contributed by atoms with Crippen LogP contribution in [0.1, 0.15) is 11.0 Å². The summed E-state index contributed by atoms with van der Waals surface area (Å²) in [5.41, 5.74) is 6.69. The molecule has 4 N–H and O–H groups in total. The van der Waals surface area contributed by atoms with Gasteiger partial charge in [-0.1, -0.05) is 18.2 Å². The number of nitrogens with zero attached hydrogens (tertiary/aromatic N) is 1. The molecule has 132 valence electrons. The first-order valence-electron chi connectivity index (χ1n) is 7.53. The highest BCUT2D eigenvalue weighted by Crippen LogP contribution is 2.29. The van der Waals surface area contributed by atoms with Gasteiger partial charge in [0.2, 0.25) is 0 Å². The summed E-state index contributed by atoms with van der Waals surface area (Å²) in [7, 11) is 1.62. The summed E-state index contributed by atoms with van der Waals surface area (Å²) in [6.45, 7) is 0.210. The Balaban J connectivity index is 0.00000225. The van der Waals surface area contributed by atoms with Crippen LogP contribution in [-0.2, 0) is 0 Å². The molecule has 1 atom stereocenters. The maximum atomic E-state index is 10.3. The van der Waals surface area contributed by atoms with Crippen molar-refractivity contribution in [3.63, 3.8) is 0 Å². The number of aliphatic hydroxyl groups excluding tert-OH is 1. The minimum atomic E-state index is -0.668. The topological polar surface area (TPSA) is 79.9 Å². The number of fused-ring (bicyclic) bond motifs is 1. The molecule has 3 aromatic rings. The first-order chi connectivity index (χ1) is 11.7. The summed E-state index contributed by atoms with van der Waals surface area (Å²) in [6.07, 6.45) is -0.668. The fraction of sp³-hybridized carbons (Fsp3) is 0.167. The summed E-state index contributed by atoms with van der Waals surface area (Å²) in [6, 6.07) is 17.4. The summed E-state index contributed by atoms with van der Waals surface area (Å²) < 4.78 is 6.26. The minimum absolute atomic E-state index is 0. The normalized spacial score (nSPS) is 12.5. The van der Waals surface area contributed by atoms with Crippen molar-refractivity contribution in [2.45, 2.75) is 6.10 Å². The van der Waals surface area contributed by atoms with E-state index >= 15 is 0 Å². The maximum Gasteiger partial charge on any atom is 0.193 e.